The predicted octanol–water partition coefficient (Wildman–Crippen LogP) is 3.17. The molecule has 1 aromatic rings. The van der Waals surface area contributed by atoms with Crippen LogP contribution in [0.3, 0.4) is 0 Å². The van der Waals surface area contributed by atoms with Gasteiger partial charge in [0.25, 0.3) is 5.91 Å². The van der Waals surface area contributed by atoms with Crippen LogP contribution in [0.1, 0.15) is 33.6 Å². The molecule has 0 unspecified atom stereocenters. The summed E-state index contributed by atoms with van der Waals surface area (Å²) < 4.78 is 5.37. The number of likely N-dealkylation sites (tertiary alicyclic amines) is 1. The lowest BCUT2D eigenvalue weighted by molar-refractivity contribution is -0.123. The van der Waals surface area contributed by atoms with Crippen molar-refractivity contribution in [1.29, 1.82) is 0 Å². The molecule has 0 bridgehead atoms. The summed E-state index contributed by atoms with van der Waals surface area (Å²) in [4.78, 5) is 40.3. The summed E-state index contributed by atoms with van der Waals surface area (Å²) in [5.41, 5.74) is -1.13. The van der Waals surface area contributed by atoms with E-state index in [0.29, 0.717) is 36.6 Å². The molecule has 8 heteroatoms. The number of urea groups is 1. The standard InChI is InChI=1S/C18H22ClN3O4/c1-17(2,3)26-16(25)21-9-7-18(8-10-21)14(23)22(15(24)20-18)13-6-4-5-12(19)11-13/h4-6,11H,7-10H2,1-3H3,(H,20,24). The van der Waals surface area contributed by atoms with Crippen LogP contribution in [0.25, 0.3) is 0 Å². The Hall–Kier alpha value is -2.28. The van der Waals surface area contributed by atoms with E-state index in [-0.39, 0.29) is 5.91 Å². The number of nitrogens with one attached hydrogen (secondary N) is 1. The van der Waals surface area contributed by atoms with Crippen LogP contribution in [0.2, 0.25) is 5.02 Å². The number of ether oxygens (including phenoxy) is 1. The van der Waals surface area contributed by atoms with E-state index in [1.807, 2.05) is 0 Å². The summed E-state index contributed by atoms with van der Waals surface area (Å²) in [6.45, 7) is 6.09. The number of hydrogen-bond acceptors (Lipinski definition) is 4. The molecule has 2 aliphatic rings. The molecule has 4 amide bonds. The summed E-state index contributed by atoms with van der Waals surface area (Å²) >= 11 is 5.97. The van der Waals surface area contributed by atoms with Crippen LogP contribution < -0.4 is 10.2 Å². The van der Waals surface area contributed by atoms with Gasteiger partial charge in [0.1, 0.15) is 11.1 Å². The lowest BCUT2D eigenvalue weighted by Crippen LogP contribution is -2.56. The van der Waals surface area contributed by atoms with Crippen LogP contribution >= 0.6 is 11.6 Å². The van der Waals surface area contributed by atoms with Crippen LogP contribution in [0.15, 0.2) is 24.3 Å². The first-order valence-electron chi connectivity index (χ1n) is 8.51. The molecule has 2 aliphatic heterocycles. The van der Waals surface area contributed by atoms with E-state index >= 15 is 0 Å². The van der Waals surface area contributed by atoms with Gasteiger partial charge in [-0.15, -0.1) is 0 Å². The van der Waals surface area contributed by atoms with Crippen molar-refractivity contribution in [3.05, 3.63) is 29.3 Å². The van der Waals surface area contributed by atoms with Crippen LogP contribution in [0.5, 0.6) is 0 Å². The van der Waals surface area contributed by atoms with E-state index in [9.17, 15) is 14.4 Å². The molecule has 0 aliphatic carbocycles. The summed E-state index contributed by atoms with van der Waals surface area (Å²) in [5.74, 6) is -0.311. The molecule has 1 N–H and O–H groups in total. The van der Waals surface area contributed by atoms with Crippen molar-refractivity contribution in [2.75, 3.05) is 18.0 Å². The molecule has 1 spiro atoms. The number of halogens is 1. The van der Waals surface area contributed by atoms with Gasteiger partial charge in [0.2, 0.25) is 0 Å². The first-order valence-corrected chi connectivity index (χ1v) is 8.89. The van der Waals surface area contributed by atoms with Crippen molar-refractivity contribution in [2.24, 2.45) is 0 Å². The van der Waals surface area contributed by atoms with Crippen molar-refractivity contribution in [1.82, 2.24) is 10.2 Å². The molecule has 0 atom stereocenters. The molecule has 0 radical (unpaired) electrons. The molecule has 0 aromatic heterocycles. The fraction of sp³-hybridized carbons (Fsp3) is 0.500. The second-order valence-corrected chi connectivity index (χ2v) is 8.04. The number of rotatable bonds is 1. The zero-order valence-corrected chi connectivity index (χ0v) is 15.8. The van der Waals surface area contributed by atoms with Gasteiger partial charge >= 0.3 is 12.1 Å². The molecule has 140 valence electrons. The molecular weight excluding hydrogens is 358 g/mol. The number of imide groups is 1. The molecule has 2 heterocycles. The van der Waals surface area contributed by atoms with E-state index in [1.165, 1.54) is 0 Å². The van der Waals surface area contributed by atoms with Gasteiger partial charge in [-0.3, -0.25) is 4.79 Å². The molecule has 7 nitrogen and oxygen atoms in total. The third kappa shape index (κ3) is 3.49. The Balaban J connectivity index is 1.72. The molecular formula is C18H22ClN3O4. The van der Waals surface area contributed by atoms with Crippen molar-refractivity contribution in [3.63, 3.8) is 0 Å². The molecule has 3 rings (SSSR count). The van der Waals surface area contributed by atoms with Crippen molar-refractivity contribution in [2.45, 2.75) is 44.8 Å². The first kappa shape index (κ1) is 18.5. The van der Waals surface area contributed by atoms with Crippen LogP contribution in [-0.2, 0) is 9.53 Å². The Morgan fingerprint density at radius 3 is 2.46 bits per heavy atom. The maximum atomic E-state index is 13.0. The lowest BCUT2D eigenvalue weighted by Gasteiger charge is -2.37. The number of benzene rings is 1. The van der Waals surface area contributed by atoms with Gasteiger partial charge in [0.05, 0.1) is 5.69 Å². The highest BCUT2D eigenvalue weighted by Crippen LogP contribution is 2.33. The maximum Gasteiger partial charge on any atom is 0.410 e. The number of anilines is 1. The SMILES string of the molecule is CC(C)(C)OC(=O)N1CCC2(CC1)NC(=O)N(c1cccc(Cl)c1)C2=O. The predicted molar refractivity (Wildman–Crippen MR) is 97.2 cm³/mol. The Kier molecular flexibility index (Phi) is 4.60. The topological polar surface area (TPSA) is 79.0 Å². The lowest BCUT2D eigenvalue weighted by atomic mass is 9.87. The maximum absolute atomic E-state index is 13.0. The number of carbonyl (C=O) groups excluding carboxylic acids is 3. The van der Waals surface area contributed by atoms with Crippen molar-refractivity contribution < 1.29 is 19.1 Å². The van der Waals surface area contributed by atoms with Gasteiger partial charge in [-0.25, -0.2) is 14.5 Å². The number of nitrogens with zero attached hydrogens (tertiary/aromatic N) is 2. The van der Waals surface area contributed by atoms with Gasteiger partial charge < -0.3 is 15.0 Å². The summed E-state index contributed by atoms with van der Waals surface area (Å²) in [6.07, 6.45) is 0.276. The Labute approximate surface area is 157 Å². The quantitative estimate of drug-likeness (QED) is 0.760. The van der Waals surface area contributed by atoms with E-state index in [1.54, 1.807) is 49.9 Å². The normalized spacial score (nSPS) is 19.7. The fourth-order valence-corrected chi connectivity index (χ4v) is 3.39. The van der Waals surface area contributed by atoms with Gasteiger partial charge in [-0.1, -0.05) is 17.7 Å². The molecule has 2 saturated heterocycles. The summed E-state index contributed by atoms with van der Waals surface area (Å²) in [6, 6.07) is 6.14. The van der Waals surface area contributed by atoms with Gasteiger partial charge in [-0.05, 0) is 51.8 Å². The van der Waals surface area contributed by atoms with Crippen molar-refractivity contribution in [3.8, 4) is 0 Å². The average Bonchev–Trinajstić information content (AvgIpc) is 2.77. The average molecular weight is 380 g/mol. The number of hydrogen-bond donors (Lipinski definition) is 1. The van der Waals surface area contributed by atoms with E-state index in [0.717, 1.165) is 4.90 Å². The van der Waals surface area contributed by atoms with Gasteiger partial charge in [0.15, 0.2) is 0 Å². The van der Waals surface area contributed by atoms with E-state index in [4.69, 9.17) is 16.3 Å². The third-order valence-corrected chi connectivity index (χ3v) is 4.73. The summed E-state index contributed by atoms with van der Waals surface area (Å²) in [5, 5.41) is 3.26. The molecule has 0 saturated carbocycles. The molecule has 26 heavy (non-hydrogen) atoms. The van der Waals surface area contributed by atoms with Gasteiger partial charge in [0, 0.05) is 18.1 Å². The monoisotopic (exact) mass is 379 g/mol. The highest BCUT2D eigenvalue weighted by atomic mass is 35.5. The Bertz CT molecular complexity index is 751. The van der Waals surface area contributed by atoms with Crippen LogP contribution in [0, 0.1) is 0 Å². The van der Waals surface area contributed by atoms with Gasteiger partial charge in [-0.2, -0.15) is 0 Å². The number of carbonyl (C=O) groups is 3. The number of amides is 4. The van der Waals surface area contributed by atoms with Crippen LogP contribution in [0.4, 0.5) is 15.3 Å². The third-order valence-electron chi connectivity index (χ3n) is 4.50. The highest BCUT2D eigenvalue weighted by Gasteiger charge is 2.53. The smallest absolute Gasteiger partial charge is 0.410 e. The number of piperidine rings is 1. The van der Waals surface area contributed by atoms with E-state index in [2.05, 4.69) is 5.32 Å². The highest BCUT2D eigenvalue weighted by molar-refractivity contribution is 6.31. The first-order chi connectivity index (χ1) is 12.1. The molecule has 1 aromatic carbocycles. The molecule has 2 fully saturated rings. The largest absolute Gasteiger partial charge is 0.444 e. The fourth-order valence-electron chi connectivity index (χ4n) is 3.21. The zero-order chi connectivity index (χ0) is 19.1. The minimum atomic E-state index is -0.988. The Morgan fingerprint density at radius 2 is 1.88 bits per heavy atom. The minimum absolute atomic E-state index is 0.311. The Morgan fingerprint density at radius 1 is 1.23 bits per heavy atom. The van der Waals surface area contributed by atoms with Crippen LogP contribution in [-0.4, -0.2) is 47.2 Å². The summed E-state index contributed by atoms with van der Waals surface area (Å²) in [7, 11) is 0. The van der Waals surface area contributed by atoms with E-state index < -0.39 is 23.3 Å². The zero-order valence-electron chi connectivity index (χ0n) is 15.0. The second-order valence-electron chi connectivity index (χ2n) is 7.60. The minimum Gasteiger partial charge on any atom is -0.444 e. The van der Waals surface area contributed by atoms with Crippen molar-refractivity contribution >= 4 is 35.3 Å². The second kappa shape index (κ2) is 6.46.